The zero-order chi connectivity index (χ0) is 12.9. The van der Waals surface area contributed by atoms with E-state index in [0.717, 1.165) is 6.42 Å². The van der Waals surface area contributed by atoms with Crippen LogP contribution in [0.25, 0.3) is 0 Å². The minimum Gasteiger partial charge on any atom is -0.409 e. The molecule has 1 fully saturated rings. The Morgan fingerprint density at radius 1 is 1.65 bits per heavy atom. The van der Waals surface area contributed by atoms with E-state index in [1.807, 2.05) is 13.8 Å². The zero-order valence-corrected chi connectivity index (χ0v) is 10.4. The first kappa shape index (κ1) is 13.8. The second-order valence-electron chi connectivity index (χ2n) is 4.40. The first-order valence-electron chi connectivity index (χ1n) is 5.94. The number of oxime groups is 1. The normalized spacial score (nSPS) is 20.5. The van der Waals surface area contributed by atoms with Crippen molar-refractivity contribution in [1.29, 1.82) is 0 Å². The number of hydrogen-bond acceptors (Lipinski definition) is 4. The summed E-state index contributed by atoms with van der Waals surface area (Å²) >= 11 is 0. The molecule has 1 unspecified atom stereocenters. The van der Waals surface area contributed by atoms with E-state index in [1.54, 1.807) is 0 Å². The highest BCUT2D eigenvalue weighted by Gasteiger charge is 2.48. The molecule has 1 aliphatic rings. The lowest BCUT2D eigenvalue weighted by molar-refractivity contribution is -0.131. The summed E-state index contributed by atoms with van der Waals surface area (Å²) in [5, 5.41) is 14.5. The van der Waals surface area contributed by atoms with Crippen LogP contribution >= 0.6 is 0 Å². The maximum Gasteiger partial charge on any atom is 0.234 e. The molecule has 0 spiro atoms. The third-order valence-electron chi connectivity index (χ3n) is 3.24. The first-order chi connectivity index (χ1) is 8.06. The van der Waals surface area contributed by atoms with Crippen molar-refractivity contribution in [2.75, 3.05) is 13.2 Å². The van der Waals surface area contributed by atoms with E-state index in [9.17, 15) is 4.79 Å². The zero-order valence-electron chi connectivity index (χ0n) is 10.4. The van der Waals surface area contributed by atoms with E-state index in [2.05, 4.69) is 10.5 Å². The lowest BCUT2D eigenvalue weighted by Gasteiger charge is -2.38. The van der Waals surface area contributed by atoms with Crippen molar-refractivity contribution in [3.05, 3.63) is 0 Å². The van der Waals surface area contributed by atoms with E-state index in [-0.39, 0.29) is 17.8 Å². The van der Waals surface area contributed by atoms with Gasteiger partial charge in [0.15, 0.2) is 5.84 Å². The van der Waals surface area contributed by atoms with E-state index in [4.69, 9.17) is 15.7 Å². The molecular formula is C11H21N3O3. The van der Waals surface area contributed by atoms with Crippen LogP contribution in [0.15, 0.2) is 5.16 Å². The highest BCUT2D eigenvalue weighted by molar-refractivity contribution is 6.07. The van der Waals surface area contributed by atoms with Crippen molar-refractivity contribution in [3.8, 4) is 0 Å². The van der Waals surface area contributed by atoms with Crippen molar-refractivity contribution < 1.29 is 14.7 Å². The number of amidine groups is 1. The van der Waals surface area contributed by atoms with Crippen LogP contribution in [-0.4, -0.2) is 36.2 Å². The largest absolute Gasteiger partial charge is 0.409 e. The van der Waals surface area contributed by atoms with Gasteiger partial charge in [-0.1, -0.05) is 11.6 Å². The molecule has 0 aromatic carbocycles. The molecule has 0 aliphatic heterocycles. The summed E-state index contributed by atoms with van der Waals surface area (Å²) in [7, 11) is 0. The average molecular weight is 243 g/mol. The van der Waals surface area contributed by atoms with Gasteiger partial charge in [0.1, 0.15) is 5.41 Å². The molecule has 1 amide bonds. The monoisotopic (exact) mass is 243 g/mol. The lowest BCUT2D eigenvalue weighted by atomic mass is 9.67. The van der Waals surface area contributed by atoms with E-state index < -0.39 is 5.41 Å². The third kappa shape index (κ3) is 2.88. The van der Waals surface area contributed by atoms with Gasteiger partial charge in [-0.15, -0.1) is 0 Å². The summed E-state index contributed by atoms with van der Waals surface area (Å²) < 4.78 is 5.32. The van der Waals surface area contributed by atoms with Gasteiger partial charge in [0, 0.05) is 13.2 Å². The molecule has 4 N–H and O–H groups in total. The Morgan fingerprint density at radius 3 is 2.71 bits per heavy atom. The van der Waals surface area contributed by atoms with Crippen LogP contribution in [0.4, 0.5) is 0 Å². The molecule has 6 heteroatoms. The summed E-state index contributed by atoms with van der Waals surface area (Å²) in [6.45, 7) is 4.85. The average Bonchev–Trinajstić information content (AvgIpc) is 2.25. The Hall–Kier alpha value is -1.30. The van der Waals surface area contributed by atoms with Gasteiger partial charge in [-0.3, -0.25) is 4.79 Å². The van der Waals surface area contributed by atoms with Crippen molar-refractivity contribution in [2.45, 2.75) is 39.2 Å². The molecule has 0 saturated heterocycles. The van der Waals surface area contributed by atoms with Gasteiger partial charge in [-0.25, -0.2) is 0 Å². The number of nitrogens with one attached hydrogen (secondary N) is 1. The fraction of sp³-hybridized carbons (Fsp3) is 0.818. The maximum absolute atomic E-state index is 12.0. The predicted octanol–water partition coefficient (Wildman–Crippen LogP) is 0.444. The molecule has 0 aromatic rings. The molecular weight excluding hydrogens is 222 g/mol. The highest BCUT2D eigenvalue weighted by atomic mass is 16.5. The molecule has 98 valence electrons. The van der Waals surface area contributed by atoms with E-state index in [0.29, 0.717) is 26.0 Å². The second-order valence-corrected chi connectivity index (χ2v) is 4.40. The van der Waals surface area contributed by atoms with Gasteiger partial charge in [0.05, 0.1) is 6.10 Å². The molecule has 1 rings (SSSR count). The first-order valence-corrected chi connectivity index (χ1v) is 5.94. The second kappa shape index (κ2) is 5.86. The molecule has 6 nitrogen and oxygen atoms in total. The number of nitrogens with two attached hydrogens (primary N) is 1. The van der Waals surface area contributed by atoms with Gasteiger partial charge >= 0.3 is 0 Å². The van der Waals surface area contributed by atoms with Crippen LogP contribution in [0.3, 0.4) is 0 Å². The fourth-order valence-electron chi connectivity index (χ4n) is 1.97. The van der Waals surface area contributed by atoms with E-state index >= 15 is 0 Å². The van der Waals surface area contributed by atoms with Crippen molar-refractivity contribution in [2.24, 2.45) is 16.3 Å². The van der Waals surface area contributed by atoms with Crippen LogP contribution in [0.1, 0.15) is 33.1 Å². The molecule has 0 aromatic heterocycles. The SMILES string of the molecule is CCOC(C)CNC(=O)C1(C(N)=NO)CCC1. The molecule has 1 atom stereocenters. The molecule has 1 aliphatic carbocycles. The van der Waals surface area contributed by atoms with E-state index in [1.165, 1.54) is 0 Å². The van der Waals surface area contributed by atoms with Crippen molar-refractivity contribution in [3.63, 3.8) is 0 Å². The van der Waals surface area contributed by atoms with Crippen LogP contribution in [0.2, 0.25) is 0 Å². The standard InChI is InChI=1S/C11H21N3O3/c1-3-17-8(2)7-13-10(15)11(5-4-6-11)9(12)14-16/h8,16H,3-7H2,1-2H3,(H2,12,14)(H,13,15). The summed E-state index contributed by atoms with van der Waals surface area (Å²) in [6.07, 6.45) is 2.16. The topological polar surface area (TPSA) is 96.9 Å². The number of nitrogens with zero attached hydrogens (tertiary/aromatic N) is 1. The molecule has 0 heterocycles. The molecule has 0 bridgehead atoms. The maximum atomic E-state index is 12.0. The van der Waals surface area contributed by atoms with Gasteiger partial charge in [0.25, 0.3) is 0 Å². The Morgan fingerprint density at radius 2 is 2.29 bits per heavy atom. The summed E-state index contributed by atoms with van der Waals surface area (Å²) in [5.74, 6) is -0.170. The highest BCUT2D eigenvalue weighted by Crippen LogP contribution is 2.41. The minimum absolute atomic E-state index is 0.00492. The Balaban J connectivity index is 2.51. The number of amides is 1. The Kier molecular flexibility index (Phi) is 4.74. The molecule has 1 saturated carbocycles. The molecule has 0 radical (unpaired) electrons. The fourth-order valence-corrected chi connectivity index (χ4v) is 1.97. The van der Waals surface area contributed by atoms with Crippen molar-refractivity contribution in [1.82, 2.24) is 5.32 Å². The molecule has 17 heavy (non-hydrogen) atoms. The Bertz CT molecular complexity index is 300. The quantitative estimate of drug-likeness (QED) is 0.273. The minimum atomic E-state index is -0.805. The van der Waals surface area contributed by atoms with Gasteiger partial charge < -0.3 is 21.0 Å². The van der Waals surface area contributed by atoms with Gasteiger partial charge in [0.2, 0.25) is 5.91 Å². The smallest absolute Gasteiger partial charge is 0.234 e. The third-order valence-corrected chi connectivity index (χ3v) is 3.24. The van der Waals surface area contributed by atoms with Crippen LogP contribution in [0.5, 0.6) is 0 Å². The van der Waals surface area contributed by atoms with Crippen LogP contribution in [-0.2, 0) is 9.53 Å². The summed E-state index contributed by atoms with van der Waals surface area (Å²) in [6, 6.07) is 0. The van der Waals surface area contributed by atoms with Crippen LogP contribution in [0, 0.1) is 5.41 Å². The number of carbonyl (C=O) groups is 1. The Labute approximate surface area is 101 Å². The van der Waals surface area contributed by atoms with Gasteiger partial charge in [-0.2, -0.15) is 0 Å². The van der Waals surface area contributed by atoms with Crippen LogP contribution < -0.4 is 11.1 Å². The number of hydrogen-bond donors (Lipinski definition) is 3. The summed E-state index contributed by atoms with van der Waals surface area (Å²) in [5.41, 5.74) is 4.78. The summed E-state index contributed by atoms with van der Waals surface area (Å²) in [4.78, 5) is 12.0. The number of ether oxygens (including phenoxy) is 1. The lowest BCUT2D eigenvalue weighted by Crippen LogP contribution is -2.54. The number of rotatable bonds is 6. The number of carbonyl (C=O) groups excluding carboxylic acids is 1. The van der Waals surface area contributed by atoms with Gasteiger partial charge in [-0.05, 0) is 26.7 Å². The predicted molar refractivity (Wildman–Crippen MR) is 63.8 cm³/mol. The van der Waals surface area contributed by atoms with Crippen molar-refractivity contribution >= 4 is 11.7 Å².